The lowest BCUT2D eigenvalue weighted by molar-refractivity contribution is -0.375. The third kappa shape index (κ3) is 11.3. The molecule has 0 aliphatic carbocycles. The molecular formula is C32H52O14. The van der Waals surface area contributed by atoms with Gasteiger partial charge in [-0.3, -0.25) is 0 Å². The van der Waals surface area contributed by atoms with E-state index in [9.17, 15) is 45.6 Å². The zero-order valence-corrected chi connectivity index (χ0v) is 26.9. The Kier molecular flexibility index (Phi) is 16.1. The monoisotopic (exact) mass is 660 g/mol. The van der Waals surface area contributed by atoms with Crippen LogP contribution in [0.2, 0.25) is 0 Å². The molecule has 2 aliphatic heterocycles. The Bertz CT molecular complexity index is 1070. The summed E-state index contributed by atoms with van der Waals surface area (Å²) in [7, 11) is 0. The second-order valence-corrected chi connectivity index (χ2v) is 12.2. The molecule has 0 unspecified atom stereocenters. The van der Waals surface area contributed by atoms with Gasteiger partial charge in [-0.25, -0.2) is 4.79 Å². The second kappa shape index (κ2) is 18.5. The number of carboxylic acids is 1. The predicted molar refractivity (Wildman–Crippen MR) is 164 cm³/mol. The van der Waals surface area contributed by atoms with Crippen molar-refractivity contribution in [1.82, 2.24) is 0 Å². The van der Waals surface area contributed by atoms with Crippen molar-refractivity contribution in [3.8, 4) is 0 Å². The first-order valence-corrected chi connectivity index (χ1v) is 15.4. The summed E-state index contributed by atoms with van der Waals surface area (Å²) in [4.78, 5) is 10.9. The number of aliphatic hydroxyl groups excluding tert-OH is 8. The summed E-state index contributed by atoms with van der Waals surface area (Å²) < 4.78 is 23.1. The van der Waals surface area contributed by atoms with Gasteiger partial charge in [0.15, 0.2) is 12.6 Å². The number of aliphatic carboxylic acids is 1. The van der Waals surface area contributed by atoms with Crippen molar-refractivity contribution in [3.63, 3.8) is 0 Å². The molecule has 0 aromatic heterocycles. The summed E-state index contributed by atoms with van der Waals surface area (Å²) >= 11 is 0. The van der Waals surface area contributed by atoms with Gasteiger partial charge in [-0.2, -0.15) is 0 Å². The highest BCUT2D eigenvalue weighted by atomic mass is 16.8. The van der Waals surface area contributed by atoms with Gasteiger partial charge in [0.2, 0.25) is 0 Å². The normalized spacial score (nSPS) is 35.0. The fraction of sp³-hybridized carbons (Fsp3) is 0.719. The number of ether oxygens (including phenoxy) is 4. The molecule has 0 spiro atoms. The molecule has 46 heavy (non-hydrogen) atoms. The van der Waals surface area contributed by atoms with Gasteiger partial charge in [0.25, 0.3) is 0 Å². The van der Waals surface area contributed by atoms with E-state index in [0.29, 0.717) is 25.7 Å². The van der Waals surface area contributed by atoms with Crippen molar-refractivity contribution in [2.45, 2.75) is 133 Å². The molecule has 14 heteroatoms. The van der Waals surface area contributed by atoms with Crippen molar-refractivity contribution in [3.05, 3.63) is 47.6 Å². The van der Waals surface area contributed by atoms with Gasteiger partial charge < -0.3 is 64.9 Å². The van der Waals surface area contributed by atoms with Gasteiger partial charge in [-0.1, -0.05) is 29.4 Å². The third-order valence-electron chi connectivity index (χ3n) is 8.26. The van der Waals surface area contributed by atoms with E-state index in [0.717, 1.165) is 17.6 Å². The molecule has 14 nitrogen and oxygen atoms in total. The van der Waals surface area contributed by atoms with E-state index in [4.69, 9.17) is 24.1 Å². The summed E-state index contributed by atoms with van der Waals surface area (Å²) in [6.45, 7) is 9.51. The number of rotatable bonds is 17. The molecule has 2 rings (SSSR count). The van der Waals surface area contributed by atoms with E-state index in [1.807, 2.05) is 26.0 Å². The number of carboxylic acid groups (broad SMARTS) is 1. The summed E-state index contributed by atoms with van der Waals surface area (Å²) in [6, 6.07) is 0. The van der Waals surface area contributed by atoms with E-state index in [-0.39, 0.29) is 5.57 Å². The number of allylic oxidation sites excluding steroid dienone is 3. The Morgan fingerprint density at radius 3 is 2.00 bits per heavy atom. The first-order chi connectivity index (χ1) is 21.6. The molecule has 0 bridgehead atoms. The smallest absolute Gasteiger partial charge is 0.331 e. The van der Waals surface area contributed by atoms with Crippen LogP contribution in [0, 0.1) is 0 Å². The average molecular weight is 661 g/mol. The summed E-state index contributed by atoms with van der Waals surface area (Å²) in [5.74, 6) is -1.07. The van der Waals surface area contributed by atoms with Crippen molar-refractivity contribution >= 4 is 5.97 Å². The van der Waals surface area contributed by atoms with Crippen LogP contribution in [0.25, 0.3) is 0 Å². The summed E-state index contributed by atoms with van der Waals surface area (Å²) in [6.07, 6.45) is -6.76. The van der Waals surface area contributed by atoms with Gasteiger partial charge in [-0.05, 0) is 65.9 Å². The maximum Gasteiger partial charge on any atom is 0.331 e. The molecule has 2 heterocycles. The quantitative estimate of drug-likeness (QED) is 0.0727. The van der Waals surface area contributed by atoms with E-state index in [2.05, 4.69) is 6.58 Å². The molecule has 9 N–H and O–H groups in total. The standard InChI is InChI=1S/C32H52O14/c1-6-32(5,12-8-11-17(2)9-7-10-18(3)13-20(35)14-19(4)29(41)42)46-31-28(26(39)24(37)22(16-34)44-31)45-30-27(40)25(38)23(36)21(15-33)43-30/h6,10-11,14,20-28,30-31,33-40H,1,7-9,12-13,15-16H2,2-5H3,(H,41,42)/b17-11+,18-10+,19-14+/t20-,21+,22+,23+,24+,25-,26-,27+,28+,30-,31-,32+/m0/s1. The molecule has 2 fully saturated rings. The summed E-state index contributed by atoms with van der Waals surface area (Å²) in [5.41, 5.74) is 1.05. The topological polar surface area (TPSA) is 236 Å². The first kappa shape index (κ1) is 40.1. The van der Waals surface area contributed by atoms with Crippen LogP contribution in [0.5, 0.6) is 0 Å². The molecule has 0 radical (unpaired) electrons. The van der Waals surface area contributed by atoms with Crippen molar-refractivity contribution in [2.75, 3.05) is 13.2 Å². The fourth-order valence-electron chi connectivity index (χ4n) is 5.19. The van der Waals surface area contributed by atoms with Crippen LogP contribution in [-0.2, 0) is 23.7 Å². The minimum absolute atomic E-state index is 0.0865. The summed E-state index contributed by atoms with van der Waals surface area (Å²) in [5, 5.41) is 90.3. The Morgan fingerprint density at radius 2 is 1.43 bits per heavy atom. The average Bonchev–Trinajstić information content (AvgIpc) is 3.00. The highest BCUT2D eigenvalue weighted by molar-refractivity contribution is 5.85. The van der Waals surface area contributed by atoms with Gasteiger partial charge >= 0.3 is 5.97 Å². The second-order valence-electron chi connectivity index (χ2n) is 12.2. The maximum atomic E-state index is 10.9. The van der Waals surface area contributed by atoms with Gasteiger partial charge in [0, 0.05) is 5.57 Å². The third-order valence-corrected chi connectivity index (χ3v) is 8.26. The highest BCUT2D eigenvalue weighted by Crippen LogP contribution is 2.33. The van der Waals surface area contributed by atoms with Crippen molar-refractivity contribution < 1.29 is 69.7 Å². The first-order valence-electron chi connectivity index (χ1n) is 15.4. The van der Waals surface area contributed by atoms with Crippen LogP contribution in [0.4, 0.5) is 0 Å². The molecule has 12 atom stereocenters. The van der Waals surface area contributed by atoms with E-state index in [1.54, 1.807) is 6.92 Å². The number of carbonyl (C=O) groups is 1. The van der Waals surface area contributed by atoms with Crippen molar-refractivity contribution in [2.24, 2.45) is 0 Å². The molecule has 264 valence electrons. The predicted octanol–water partition coefficient (Wildman–Crippen LogP) is -0.193. The SMILES string of the molecule is C=C[C@](C)(CC/C=C(\C)CC/C=C(\C)C[C@H](O)/C=C(\C)C(=O)O)O[C@@H]1O[C@H](CO)[C@@H](O)[C@H](O)[C@H]1O[C@@H]1O[C@H](CO)[C@@H](O)[C@H](O)[C@H]1O. The number of hydrogen-bond donors (Lipinski definition) is 9. The largest absolute Gasteiger partial charge is 0.478 e. The lowest BCUT2D eigenvalue weighted by atomic mass is 9.95. The zero-order chi connectivity index (χ0) is 34.8. The molecule has 0 aromatic rings. The zero-order valence-electron chi connectivity index (χ0n) is 26.9. The van der Waals surface area contributed by atoms with Crippen LogP contribution in [0.3, 0.4) is 0 Å². The lowest BCUT2D eigenvalue weighted by Crippen LogP contribution is -2.65. The lowest BCUT2D eigenvalue weighted by Gasteiger charge is -2.47. The minimum atomic E-state index is -1.78. The highest BCUT2D eigenvalue weighted by Gasteiger charge is 2.51. The number of hydrogen-bond acceptors (Lipinski definition) is 13. The molecule has 0 amide bonds. The van der Waals surface area contributed by atoms with Crippen LogP contribution < -0.4 is 0 Å². The Hall–Kier alpha value is -2.05. The molecule has 0 saturated carbocycles. The molecule has 0 aromatic carbocycles. The van der Waals surface area contributed by atoms with Gasteiger partial charge in [0.1, 0.15) is 48.8 Å². The Morgan fingerprint density at radius 1 is 0.870 bits per heavy atom. The van der Waals surface area contributed by atoms with Crippen LogP contribution in [0.15, 0.2) is 47.6 Å². The van der Waals surface area contributed by atoms with Gasteiger partial charge in [-0.15, -0.1) is 6.58 Å². The Labute approximate surface area is 269 Å². The minimum Gasteiger partial charge on any atom is -0.478 e. The van der Waals surface area contributed by atoms with Gasteiger partial charge in [0.05, 0.1) is 24.9 Å². The molecule has 2 saturated heterocycles. The van der Waals surface area contributed by atoms with E-state index in [1.165, 1.54) is 19.1 Å². The van der Waals surface area contributed by atoms with E-state index < -0.39 is 92.3 Å². The fourth-order valence-corrected chi connectivity index (χ4v) is 5.19. The Balaban J connectivity index is 2.06. The van der Waals surface area contributed by atoms with Crippen LogP contribution in [-0.4, -0.2) is 138 Å². The molecule has 2 aliphatic rings. The van der Waals surface area contributed by atoms with Crippen LogP contribution >= 0.6 is 0 Å². The number of aliphatic hydroxyl groups is 8. The molecular weight excluding hydrogens is 608 g/mol. The van der Waals surface area contributed by atoms with Crippen molar-refractivity contribution in [1.29, 1.82) is 0 Å². The maximum absolute atomic E-state index is 10.9. The van der Waals surface area contributed by atoms with Crippen LogP contribution in [0.1, 0.15) is 59.8 Å². The van der Waals surface area contributed by atoms with E-state index >= 15 is 0 Å².